The average Bonchev–Trinajstić information content (AvgIpc) is 1.79. The van der Waals surface area contributed by atoms with E-state index in [1.807, 2.05) is 52.0 Å². The SMILES string of the molecule is C.C.C.CC(=O)OC[C@H]1O[C@@H](C)C[C@H]1OC(C)=O.CC(=O)OC[C@H]1O[C@@H](OC(C)=O)C[C@H]1OC(C)=O.CC(=O)O[C@H]1C[C@@H](OC(=O)c2ccc(Cl)cc2)[C@@H](COC(=O)c2ccc(Cl)cc2)O1.Cc1ccc(C(=O)OC[C@H]2O[C@@H](C)C[C@H]2OC(=O)c2ccc(C)cc2)cc1. The number of hydrogen-bond acceptors (Lipinski definition) is 24. The van der Waals surface area contributed by atoms with Crippen molar-refractivity contribution in [3.8, 4) is 0 Å². The van der Waals surface area contributed by atoms with E-state index in [1.165, 1.54) is 65.8 Å². The molecule has 24 nitrogen and oxygen atoms in total. The number of carbonyl (C=O) groups excluding carboxylic acids is 10. The number of hydrogen-bond donors (Lipinski definition) is 0. The zero-order valence-corrected chi connectivity index (χ0v) is 52.9. The molecular formula is C67H86Cl2O24. The van der Waals surface area contributed by atoms with Gasteiger partial charge in [-0.25, -0.2) is 19.2 Å². The molecule has 0 aliphatic carbocycles. The number of ether oxygens (including phenoxy) is 14. The Hall–Kier alpha value is -8.00. The van der Waals surface area contributed by atoms with Crippen molar-refractivity contribution in [3.63, 3.8) is 0 Å². The largest absolute Gasteiger partial charge is 0.463 e. The van der Waals surface area contributed by atoms with Gasteiger partial charge < -0.3 is 66.3 Å². The third-order valence-electron chi connectivity index (χ3n) is 13.2. The molecule has 4 aliphatic heterocycles. The lowest BCUT2D eigenvalue weighted by Crippen LogP contribution is -2.32. The first-order valence-corrected chi connectivity index (χ1v) is 29.3. The molecule has 0 N–H and O–H groups in total. The lowest BCUT2D eigenvalue weighted by atomic mass is 10.1. The predicted octanol–water partition coefficient (Wildman–Crippen LogP) is 10.6. The second kappa shape index (κ2) is 40.2. The molecule has 26 heteroatoms. The molecule has 4 saturated heterocycles. The molecule has 4 aliphatic rings. The van der Waals surface area contributed by atoms with Crippen molar-refractivity contribution in [2.75, 3.05) is 26.4 Å². The van der Waals surface area contributed by atoms with Crippen LogP contribution in [0.25, 0.3) is 0 Å². The van der Waals surface area contributed by atoms with E-state index in [4.69, 9.17) is 89.5 Å². The third-order valence-corrected chi connectivity index (χ3v) is 13.7. The summed E-state index contributed by atoms with van der Waals surface area (Å²) in [6.45, 7) is 15.4. The molecule has 4 fully saturated rings. The van der Waals surface area contributed by atoms with Crippen molar-refractivity contribution >= 4 is 82.9 Å². The van der Waals surface area contributed by atoms with Gasteiger partial charge in [-0.2, -0.15) is 0 Å². The summed E-state index contributed by atoms with van der Waals surface area (Å²) in [5.41, 5.74) is 3.74. The zero-order chi connectivity index (χ0) is 66.2. The third kappa shape index (κ3) is 28.8. The van der Waals surface area contributed by atoms with Crippen molar-refractivity contribution < 1.29 is 114 Å². The lowest BCUT2D eigenvalue weighted by molar-refractivity contribution is -0.180. The first kappa shape index (κ1) is 81.1. The summed E-state index contributed by atoms with van der Waals surface area (Å²) >= 11 is 11.6. The van der Waals surface area contributed by atoms with Crippen molar-refractivity contribution in [1.29, 1.82) is 0 Å². The van der Waals surface area contributed by atoms with Gasteiger partial charge in [0.25, 0.3) is 0 Å². The Kier molecular flexibility index (Phi) is 35.0. The van der Waals surface area contributed by atoms with E-state index in [9.17, 15) is 47.9 Å². The normalized spacial score (nSPS) is 22.8. The number of aryl methyl sites for hydroxylation is 2. The summed E-state index contributed by atoms with van der Waals surface area (Å²) in [6, 6.07) is 26.8. The topological polar surface area (TPSA) is 300 Å². The fraction of sp³-hybridized carbons (Fsp3) is 0.493. The summed E-state index contributed by atoms with van der Waals surface area (Å²) in [7, 11) is 0. The highest BCUT2D eigenvalue weighted by molar-refractivity contribution is 6.31. The molecule has 4 aromatic carbocycles. The Morgan fingerprint density at radius 1 is 0.344 bits per heavy atom. The van der Waals surface area contributed by atoms with Crippen LogP contribution in [0.2, 0.25) is 10.0 Å². The molecule has 0 saturated carbocycles. The molecule has 512 valence electrons. The number of rotatable bonds is 18. The molecule has 4 heterocycles. The van der Waals surface area contributed by atoms with Crippen molar-refractivity contribution in [1.82, 2.24) is 0 Å². The molecule has 0 radical (unpaired) electrons. The predicted molar refractivity (Wildman–Crippen MR) is 337 cm³/mol. The fourth-order valence-electron chi connectivity index (χ4n) is 9.07. The first-order chi connectivity index (χ1) is 42.6. The Morgan fingerprint density at radius 2 is 0.602 bits per heavy atom. The highest BCUT2D eigenvalue weighted by Crippen LogP contribution is 2.29. The fourth-order valence-corrected chi connectivity index (χ4v) is 9.33. The highest BCUT2D eigenvalue weighted by Gasteiger charge is 2.43. The number of esters is 10. The van der Waals surface area contributed by atoms with Crippen molar-refractivity contribution in [3.05, 3.63) is 140 Å². The Labute approximate surface area is 552 Å². The molecule has 0 unspecified atom stereocenters. The minimum Gasteiger partial charge on any atom is -0.463 e. The van der Waals surface area contributed by atoms with Crippen LogP contribution < -0.4 is 0 Å². The van der Waals surface area contributed by atoms with Crippen LogP contribution in [0.4, 0.5) is 0 Å². The van der Waals surface area contributed by atoms with Crippen LogP contribution in [0, 0.1) is 13.8 Å². The molecule has 0 bridgehead atoms. The van der Waals surface area contributed by atoms with Gasteiger partial charge >= 0.3 is 59.7 Å². The molecule has 12 atom stereocenters. The summed E-state index contributed by atoms with van der Waals surface area (Å²) in [4.78, 5) is 114. The number of carbonyl (C=O) groups is 10. The maximum Gasteiger partial charge on any atom is 0.338 e. The smallest absolute Gasteiger partial charge is 0.338 e. The minimum atomic E-state index is -0.912. The quantitative estimate of drug-likeness (QED) is 0.0660. The lowest BCUT2D eigenvalue weighted by Gasteiger charge is -2.19. The monoisotopic (exact) mass is 1340 g/mol. The Morgan fingerprint density at radius 3 is 0.914 bits per heavy atom. The van der Waals surface area contributed by atoms with Crippen LogP contribution in [-0.2, 0) is 95.1 Å². The molecule has 8 rings (SSSR count). The van der Waals surface area contributed by atoms with E-state index in [0.717, 1.165) is 11.1 Å². The summed E-state index contributed by atoms with van der Waals surface area (Å²) in [6.07, 6.45) is -4.54. The zero-order valence-electron chi connectivity index (χ0n) is 51.4. The van der Waals surface area contributed by atoms with E-state index in [-0.39, 0.29) is 97.9 Å². The highest BCUT2D eigenvalue weighted by atomic mass is 35.5. The Bertz CT molecular complexity index is 3060. The van der Waals surface area contributed by atoms with Gasteiger partial charge in [0.05, 0.1) is 47.3 Å². The molecule has 0 spiro atoms. The van der Waals surface area contributed by atoms with Gasteiger partial charge in [0.1, 0.15) is 75.3 Å². The standard InChI is InChI=1S/C22H24O5.C21H18Cl2O7.C11H16O7.C10H16O5.3CH4/c1-14-4-8-17(9-5-14)21(23)25-13-20-19(12-16(3)26-20)27-22(24)18-10-6-15(2)7-11-18;1-12(24)28-19-10-17(30-21(26)14-4-8-16(23)9-5-14)18(29-19)11-27-20(25)13-2-6-15(22)7-3-13;1-6(12)15-5-10-9(16-7(2)13)4-11(18-10)17-8(3)14;1-6-4-9(15-8(3)12)10(14-6)5-13-7(2)11;;;/h4-11,16,19-20H,12-13H2,1-3H3;2-9,17-19H,10-11H2,1H3;9-11H,4-5H2,1-3H3;6,9-10H,4-5H2,1-3H3;3*1H4/t16-,19+,20+;17-,18-,19-;9-,10-,11-;6-,9+,10+;;;/m0110.../s1. The summed E-state index contributed by atoms with van der Waals surface area (Å²) < 4.78 is 73.6. The molecule has 4 aromatic rings. The van der Waals surface area contributed by atoms with Crippen molar-refractivity contribution in [2.24, 2.45) is 0 Å². The molecule has 93 heavy (non-hydrogen) atoms. The van der Waals surface area contributed by atoms with Gasteiger partial charge in [-0.3, -0.25) is 28.8 Å². The van der Waals surface area contributed by atoms with E-state index in [1.54, 1.807) is 48.5 Å². The first-order valence-electron chi connectivity index (χ1n) is 28.6. The average molecular weight is 1350 g/mol. The molecule has 0 aromatic heterocycles. The van der Waals surface area contributed by atoms with Gasteiger partial charge in [0.2, 0.25) is 12.6 Å². The maximum atomic E-state index is 12.4. The number of benzene rings is 4. The maximum absolute atomic E-state index is 12.4. The van der Waals surface area contributed by atoms with Gasteiger partial charge in [-0.05, 0) is 100 Å². The molecule has 0 amide bonds. The van der Waals surface area contributed by atoms with Crippen LogP contribution in [-0.4, -0.2) is 160 Å². The number of halogens is 2. The van der Waals surface area contributed by atoms with Crippen LogP contribution in [0.5, 0.6) is 0 Å². The van der Waals surface area contributed by atoms with Crippen LogP contribution in [0.3, 0.4) is 0 Å². The van der Waals surface area contributed by atoms with Crippen LogP contribution in [0.1, 0.15) is 156 Å². The second-order valence-electron chi connectivity index (χ2n) is 21.1. The van der Waals surface area contributed by atoms with E-state index in [2.05, 4.69) is 0 Å². The summed E-state index contributed by atoms with van der Waals surface area (Å²) in [5.74, 6) is -4.67. The van der Waals surface area contributed by atoms with Gasteiger partial charge in [0, 0.05) is 64.4 Å². The molecular weight excluding hydrogens is 1260 g/mol. The van der Waals surface area contributed by atoms with Crippen molar-refractivity contribution in [2.45, 2.75) is 191 Å². The van der Waals surface area contributed by atoms with E-state index in [0.29, 0.717) is 45.1 Å². The summed E-state index contributed by atoms with van der Waals surface area (Å²) in [5, 5.41) is 0.974. The van der Waals surface area contributed by atoms with E-state index < -0.39 is 97.0 Å². The van der Waals surface area contributed by atoms with Crippen LogP contribution >= 0.6 is 23.2 Å². The minimum absolute atomic E-state index is 0. The van der Waals surface area contributed by atoms with Gasteiger partial charge in [-0.15, -0.1) is 0 Å². The van der Waals surface area contributed by atoms with Gasteiger partial charge in [-0.1, -0.05) is 80.9 Å². The Balaban J connectivity index is 0.000000432. The van der Waals surface area contributed by atoms with Gasteiger partial charge in [0.15, 0.2) is 0 Å². The van der Waals surface area contributed by atoms with Crippen LogP contribution in [0.15, 0.2) is 97.1 Å². The van der Waals surface area contributed by atoms with E-state index >= 15 is 0 Å². The second-order valence-corrected chi connectivity index (χ2v) is 21.9.